The Morgan fingerprint density at radius 3 is 2.56 bits per heavy atom. The standard InChI is InChI=1S/C11H12N2O4S/c14-11(15)9-12-7-4-8-13(18(12,16)17)10-5-2-1-3-6-10/h1-6,8H,7,9H2,(H,14,15). The van der Waals surface area contributed by atoms with Gasteiger partial charge < -0.3 is 5.11 Å². The highest BCUT2D eigenvalue weighted by atomic mass is 32.2. The quantitative estimate of drug-likeness (QED) is 0.873. The Morgan fingerprint density at radius 2 is 1.94 bits per heavy atom. The van der Waals surface area contributed by atoms with Crippen molar-refractivity contribution in [2.75, 3.05) is 17.4 Å². The van der Waals surface area contributed by atoms with Crippen LogP contribution in [0.15, 0.2) is 42.6 Å². The van der Waals surface area contributed by atoms with Gasteiger partial charge in [0.05, 0.1) is 5.69 Å². The van der Waals surface area contributed by atoms with E-state index < -0.39 is 22.7 Å². The van der Waals surface area contributed by atoms with Gasteiger partial charge in [0.15, 0.2) is 0 Å². The molecular formula is C11H12N2O4S. The Morgan fingerprint density at radius 1 is 1.28 bits per heavy atom. The Labute approximate surface area is 105 Å². The molecule has 2 rings (SSSR count). The van der Waals surface area contributed by atoms with Crippen LogP contribution >= 0.6 is 0 Å². The van der Waals surface area contributed by atoms with Crippen LogP contribution in [0.5, 0.6) is 0 Å². The fourth-order valence-electron chi connectivity index (χ4n) is 1.65. The molecule has 1 aromatic carbocycles. The first kappa shape index (κ1) is 12.6. The van der Waals surface area contributed by atoms with Crippen molar-refractivity contribution in [3.8, 4) is 0 Å². The van der Waals surface area contributed by atoms with E-state index in [2.05, 4.69) is 0 Å². The number of carboxylic acid groups (broad SMARTS) is 1. The molecule has 0 unspecified atom stereocenters. The number of benzene rings is 1. The van der Waals surface area contributed by atoms with Crippen LogP contribution in [0.4, 0.5) is 5.69 Å². The Hall–Kier alpha value is -1.86. The van der Waals surface area contributed by atoms with Crippen molar-refractivity contribution in [1.82, 2.24) is 4.31 Å². The third-order valence-electron chi connectivity index (χ3n) is 2.45. The predicted octanol–water partition coefficient (Wildman–Crippen LogP) is 0.652. The maximum absolute atomic E-state index is 12.2. The van der Waals surface area contributed by atoms with Crippen LogP contribution in [0.3, 0.4) is 0 Å². The van der Waals surface area contributed by atoms with Crippen molar-refractivity contribution >= 4 is 21.9 Å². The van der Waals surface area contributed by atoms with Gasteiger partial charge in [0.1, 0.15) is 6.54 Å². The van der Waals surface area contributed by atoms with Crippen LogP contribution in [0.2, 0.25) is 0 Å². The average Bonchev–Trinajstić information content (AvgIpc) is 2.32. The van der Waals surface area contributed by atoms with Gasteiger partial charge in [0, 0.05) is 12.7 Å². The lowest BCUT2D eigenvalue weighted by atomic mass is 10.3. The first-order chi connectivity index (χ1) is 8.51. The van der Waals surface area contributed by atoms with Crippen LogP contribution in [0.25, 0.3) is 0 Å². The summed E-state index contributed by atoms with van der Waals surface area (Å²) in [7, 11) is -3.81. The van der Waals surface area contributed by atoms with Gasteiger partial charge in [-0.25, -0.2) is 4.31 Å². The van der Waals surface area contributed by atoms with Crippen LogP contribution in [0.1, 0.15) is 0 Å². The van der Waals surface area contributed by atoms with E-state index in [1.54, 1.807) is 36.4 Å². The largest absolute Gasteiger partial charge is 0.480 e. The Bertz CT molecular complexity index is 568. The van der Waals surface area contributed by atoms with Gasteiger partial charge in [-0.15, -0.1) is 0 Å². The molecule has 0 saturated heterocycles. The van der Waals surface area contributed by atoms with Gasteiger partial charge in [-0.05, 0) is 12.1 Å². The van der Waals surface area contributed by atoms with Gasteiger partial charge in [-0.2, -0.15) is 12.7 Å². The molecule has 1 N–H and O–H groups in total. The molecule has 96 valence electrons. The minimum atomic E-state index is -3.81. The summed E-state index contributed by atoms with van der Waals surface area (Å²) in [5, 5.41) is 8.71. The van der Waals surface area contributed by atoms with Crippen molar-refractivity contribution in [1.29, 1.82) is 0 Å². The zero-order chi connectivity index (χ0) is 13.2. The zero-order valence-electron chi connectivity index (χ0n) is 9.43. The fourth-order valence-corrected chi connectivity index (χ4v) is 3.07. The van der Waals surface area contributed by atoms with E-state index in [1.165, 1.54) is 6.20 Å². The maximum atomic E-state index is 12.2. The highest BCUT2D eigenvalue weighted by Gasteiger charge is 2.32. The molecule has 7 heteroatoms. The monoisotopic (exact) mass is 268 g/mol. The number of hydrogen-bond acceptors (Lipinski definition) is 3. The van der Waals surface area contributed by atoms with Crippen LogP contribution in [-0.2, 0) is 15.0 Å². The topological polar surface area (TPSA) is 77.9 Å². The van der Waals surface area contributed by atoms with Crippen LogP contribution < -0.4 is 4.31 Å². The SMILES string of the molecule is O=C(O)CN1CC=CN(c2ccccc2)S1(=O)=O. The van der Waals surface area contributed by atoms with Crippen LogP contribution in [-0.4, -0.2) is 36.9 Å². The van der Waals surface area contributed by atoms with E-state index in [9.17, 15) is 13.2 Å². The van der Waals surface area contributed by atoms with E-state index in [4.69, 9.17) is 5.11 Å². The molecule has 0 aromatic heterocycles. The average molecular weight is 268 g/mol. The summed E-state index contributed by atoms with van der Waals surface area (Å²) in [5.74, 6) is -1.18. The summed E-state index contributed by atoms with van der Waals surface area (Å²) in [6.07, 6.45) is 3.04. The molecule has 1 aliphatic rings. The normalized spacial score (nSPS) is 18.8. The summed E-state index contributed by atoms with van der Waals surface area (Å²) >= 11 is 0. The van der Waals surface area contributed by atoms with Crippen LogP contribution in [0, 0.1) is 0 Å². The van der Waals surface area contributed by atoms with Gasteiger partial charge >= 0.3 is 16.2 Å². The molecule has 1 aromatic rings. The molecule has 1 aliphatic heterocycles. The molecule has 18 heavy (non-hydrogen) atoms. The smallest absolute Gasteiger partial charge is 0.318 e. The van der Waals surface area contributed by atoms with Gasteiger partial charge in [-0.1, -0.05) is 24.3 Å². The second-order valence-corrected chi connectivity index (χ2v) is 5.52. The summed E-state index contributed by atoms with van der Waals surface area (Å²) < 4.78 is 26.3. The van der Waals surface area contributed by atoms with Gasteiger partial charge in [-0.3, -0.25) is 4.79 Å². The lowest BCUT2D eigenvalue weighted by Crippen LogP contribution is -2.46. The molecule has 0 radical (unpaired) electrons. The van der Waals surface area contributed by atoms with E-state index in [-0.39, 0.29) is 6.54 Å². The number of anilines is 1. The molecule has 0 aliphatic carbocycles. The third kappa shape index (κ3) is 2.36. The van der Waals surface area contributed by atoms with Gasteiger partial charge in [0.2, 0.25) is 0 Å². The Kier molecular flexibility index (Phi) is 3.35. The lowest BCUT2D eigenvalue weighted by molar-refractivity contribution is -0.137. The highest BCUT2D eigenvalue weighted by Crippen LogP contribution is 2.23. The summed E-state index contributed by atoms with van der Waals surface area (Å²) in [6, 6.07) is 8.50. The number of hydrogen-bond donors (Lipinski definition) is 1. The number of nitrogens with zero attached hydrogens (tertiary/aromatic N) is 2. The maximum Gasteiger partial charge on any atom is 0.318 e. The second kappa shape index (κ2) is 4.79. The minimum Gasteiger partial charge on any atom is -0.480 e. The first-order valence-electron chi connectivity index (χ1n) is 5.25. The zero-order valence-corrected chi connectivity index (χ0v) is 10.2. The predicted molar refractivity (Wildman–Crippen MR) is 66.2 cm³/mol. The fraction of sp³-hybridized carbons (Fsp3) is 0.182. The number of para-hydroxylation sites is 1. The van der Waals surface area contributed by atoms with Crippen molar-refractivity contribution in [3.63, 3.8) is 0 Å². The molecule has 1 heterocycles. The summed E-state index contributed by atoms with van der Waals surface area (Å²) in [6.45, 7) is -0.478. The molecule has 0 spiro atoms. The molecule has 0 bridgehead atoms. The lowest BCUT2D eigenvalue weighted by Gasteiger charge is -2.30. The number of rotatable bonds is 3. The molecular weight excluding hydrogens is 256 g/mol. The van der Waals surface area contributed by atoms with Crippen molar-refractivity contribution in [2.45, 2.75) is 0 Å². The van der Waals surface area contributed by atoms with E-state index in [0.717, 1.165) is 8.61 Å². The Balaban J connectivity index is 2.36. The minimum absolute atomic E-state index is 0.0674. The van der Waals surface area contributed by atoms with E-state index in [0.29, 0.717) is 5.69 Å². The molecule has 6 nitrogen and oxygen atoms in total. The molecule has 0 saturated carbocycles. The molecule has 0 atom stereocenters. The molecule has 0 fully saturated rings. The van der Waals surface area contributed by atoms with E-state index >= 15 is 0 Å². The summed E-state index contributed by atoms with van der Waals surface area (Å²) in [4.78, 5) is 10.6. The van der Waals surface area contributed by atoms with Gasteiger partial charge in [0.25, 0.3) is 0 Å². The molecule has 0 amide bonds. The van der Waals surface area contributed by atoms with Crippen molar-refractivity contribution in [3.05, 3.63) is 42.6 Å². The van der Waals surface area contributed by atoms with Crippen molar-refractivity contribution in [2.24, 2.45) is 0 Å². The third-order valence-corrected chi connectivity index (χ3v) is 4.21. The number of carbonyl (C=O) groups is 1. The number of aliphatic carboxylic acids is 1. The van der Waals surface area contributed by atoms with Crippen molar-refractivity contribution < 1.29 is 18.3 Å². The second-order valence-electron chi connectivity index (χ2n) is 3.71. The summed E-state index contributed by atoms with van der Waals surface area (Å²) in [5.41, 5.74) is 0.476. The van der Waals surface area contributed by atoms with E-state index in [1.807, 2.05) is 0 Å². The first-order valence-corrected chi connectivity index (χ1v) is 6.64. The number of carboxylic acids is 1. The highest BCUT2D eigenvalue weighted by molar-refractivity contribution is 7.90.